The van der Waals surface area contributed by atoms with Crippen molar-refractivity contribution in [2.45, 2.75) is 77.2 Å². The van der Waals surface area contributed by atoms with E-state index in [-0.39, 0.29) is 5.41 Å². The molecule has 4 saturated carbocycles. The van der Waals surface area contributed by atoms with Crippen LogP contribution in [0.3, 0.4) is 0 Å². The Morgan fingerprint density at radius 3 is 2.15 bits per heavy atom. The number of hydrogen-bond acceptors (Lipinski definition) is 3. The maximum absolute atomic E-state index is 6.24. The van der Waals surface area contributed by atoms with Gasteiger partial charge < -0.3 is 15.5 Å². The number of ether oxygens (including phenoxy) is 1. The molecule has 4 fully saturated rings. The summed E-state index contributed by atoms with van der Waals surface area (Å²) in [6, 6.07) is 24.4. The summed E-state index contributed by atoms with van der Waals surface area (Å²) in [7, 11) is 0. The number of nitrogens with zero attached hydrogens (tertiary/aromatic N) is 1. The minimum Gasteiger partial charge on any atom is -0.485 e. The Morgan fingerprint density at radius 2 is 1.56 bits per heavy atom. The zero-order valence-corrected chi connectivity index (χ0v) is 24.7. The average molecular weight is 546 g/mol. The normalized spacial score (nSPS) is 25.8. The van der Waals surface area contributed by atoms with Crippen molar-refractivity contribution in [2.75, 3.05) is 5.73 Å². The summed E-state index contributed by atoms with van der Waals surface area (Å²) in [5.74, 6) is 4.25. The van der Waals surface area contributed by atoms with Crippen LogP contribution in [-0.4, -0.2) is 9.97 Å². The van der Waals surface area contributed by atoms with Gasteiger partial charge in [0.05, 0.1) is 0 Å². The number of rotatable bonds is 7. The highest BCUT2D eigenvalue weighted by Gasteiger charge is 2.54. The number of aromatic amines is 1. The summed E-state index contributed by atoms with van der Waals surface area (Å²) in [6.07, 6.45) is 12.5. The fraction of sp³-hybridized carbons (Fsp3) is 0.432. The second-order valence-electron chi connectivity index (χ2n) is 14.3. The van der Waals surface area contributed by atoms with Gasteiger partial charge in [0.2, 0.25) is 0 Å². The molecule has 4 nitrogen and oxygen atoms in total. The highest BCUT2D eigenvalue weighted by atomic mass is 16.5. The van der Waals surface area contributed by atoms with E-state index in [1.54, 1.807) is 0 Å². The molecule has 2 aromatic heterocycles. The lowest BCUT2D eigenvalue weighted by molar-refractivity contribution is -0.0624. The molecular weight excluding hydrogens is 502 g/mol. The number of H-pyrrole nitrogens is 1. The molecule has 4 aliphatic rings. The lowest BCUT2D eigenvalue weighted by atomic mass is 9.45. The SMILES string of the molecule is CC(C)(C)c1ccc(COc2cc(-c3ccc(C(c4ccc[nH]4)C45CC6CC(CC(C6)C4)C5)cc3)cnc2N)cc1. The molecule has 0 saturated heterocycles. The van der Waals surface area contributed by atoms with Gasteiger partial charge in [-0.25, -0.2) is 4.98 Å². The fourth-order valence-electron chi connectivity index (χ4n) is 8.78. The van der Waals surface area contributed by atoms with Gasteiger partial charge in [-0.05, 0) is 108 Å². The Morgan fingerprint density at radius 1 is 0.902 bits per heavy atom. The third-order valence-electron chi connectivity index (χ3n) is 10.3. The van der Waals surface area contributed by atoms with E-state index in [1.807, 2.05) is 12.3 Å². The number of nitrogen functional groups attached to an aromatic ring is 1. The van der Waals surface area contributed by atoms with Crippen LogP contribution in [0, 0.1) is 23.2 Å². The number of nitrogens with two attached hydrogens (primary N) is 1. The van der Waals surface area contributed by atoms with E-state index >= 15 is 0 Å². The van der Waals surface area contributed by atoms with Crippen LogP contribution < -0.4 is 10.5 Å². The predicted octanol–water partition coefficient (Wildman–Crippen LogP) is 8.88. The topological polar surface area (TPSA) is 63.9 Å². The van der Waals surface area contributed by atoms with Gasteiger partial charge in [-0.3, -0.25) is 0 Å². The average Bonchev–Trinajstić information content (AvgIpc) is 3.46. The van der Waals surface area contributed by atoms with Gasteiger partial charge >= 0.3 is 0 Å². The molecule has 0 aliphatic heterocycles. The van der Waals surface area contributed by atoms with E-state index in [1.165, 1.54) is 55.3 Å². The molecule has 0 amide bonds. The highest BCUT2D eigenvalue weighted by molar-refractivity contribution is 5.67. The van der Waals surface area contributed by atoms with Gasteiger partial charge in [0.15, 0.2) is 11.6 Å². The van der Waals surface area contributed by atoms with E-state index in [4.69, 9.17) is 10.5 Å². The smallest absolute Gasteiger partial charge is 0.166 e. The van der Waals surface area contributed by atoms with Crippen LogP contribution in [0.25, 0.3) is 11.1 Å². The van der Waals surface area contributed by atoms with Crippen molar-refractivity contribution in [2.24, 2.45) is 23.2 Å². The Labute approximate surface area is 244 Å². The molecule has 8 rings (SSSR count). The van der Waals surface area contributed by atoms with Crippen LogP contribution in [0.4, 0.5) is 5.82 Å². The number of hydrogen-bond donors (Lipinski definition) is 2. The number of benzene rings is 2. The lowest BCUT2D eigenvalue weighted by Crippen LogP contribution is -2.49. The quantitative estimate of drug-likeness (QED) is 0.244. The van der Waals surface area contributed by atoms with E-state index in [9.17, 15) is 0 Å². The monoisotopic (exact) mass is 545 g/mol. The predicted molar refractivity (Wildman–Crippen MR) is 167 cm³/mol. The van der Waals surface area contributed by atoms with Gasteiger partial charge in [-0.1, -0.05) is 69.3 Å². The maximum Gasteiger partial charge on any atom is 0.166 e. The molecule has 4 aromatic rings. The van der Waals surface area contributed by atoms with Crippen molar-refractivity contribution in [1.82, 2.24) is 9.97 Å². The van der Waals surface area contributed by atoms with Crippen molar-refractivity contribution in [3.05, 3.63) is 102 Å². The second-order valence-corrected chi connectivity index (χ2v) is 14.3. The maximum atomic E-state index is 6.24. The van der Waals surface area contributed by atoms with E-state index in [0.29, 0.717) is 29.5 Å². The molecule has 2 aromatic carbocycles. The lowest BCUT2D eigenvalue weighted by Gasteiger charge is -2.59. The van der Waals surface area contributed by atoms with Crippen LogP contribution in [0.5, 0.6) is 5.75 Å². The van der Waals surface area contributed by atoms with Crippen LogP contribution >= 0.6 is 0 Å². The minimum atomic E-state index is 0.133. The molecule has 4 heteroatoms. The van der Waals surface area contributed by atoms with Gasteiger partial charge in [-0.15, -0.1) is 0 Å². The van der Waals surface area contributed by atoms with Crippen molar-refractivity contribution < 1.29 is 4.74 Å². The zero-order valence-electron chi connectivity index (χ0n) is 24.7. The standard InChI is InChI=1S/C37H43N3O/c1-36(2,3)31-12-6-24(7-13-31)23-41-33-18-30(22-40-35(33)38)28-8-10-29(11-9-28)34(32-5-4-14-39-32)37-19-25-15-26(20-37)17-27(16-25)21-37/h4-14,18,22,25-27,34,39H,15-17,19-21,23H2,1-3H3,(H2,38,40). The van der Waals surface area contributed by atoms with Crippen molar-refractivity contribution in [1.29, 1.82) is 0 Å². The Bertz CT molecular complexity index is 1460. The summed E-state index contributed by atoms with van der Waals surface area (Å²) in [5.41, 5.74) is 14.1. The van der Waals surface area contributed by atoms with Crippen LogP contribution in [0.15, 0.2) is 79.1 Å². The molecule has 4 bridgehead atoms. The molecule has 212 valence electrons. The number of anilines is 1. The first-order valence-corrected chi connectivity index (χ1v) is 15.5. The summed E-state index contributed by atoms with van der Waals surface area (Å²) in [6.45, 7) is 7.15. The fourth-order valence-corrected chi connectivity index (χ4v) is 8.78. The number of pyridine rings is 1. The van der Waals surface area contributed by atoms with Gasteiger partial charge in [0, 0.05) is 29.6 Å². The number of aromatic nitrogens is 2. The largest absolute Gasteiger partial charge is 0.485 e. The van der Waals surface area contributed by atoms with Crippen LogP contribution in [0.2, 0.25) is 0 Å². The number of nitrogens with one attached hydrogen (secondary N) is 1. The van der Waals surface area contributed by atoms with Gasteiger partial charge in [0.25, 0.3) is 0 Å². The molecule has 0 radical (unpaired) electrons. The second kappa shape index (κ2) is 10.1. The summed E-state index contributed by atoms with van der Waals surface area (Å²) >= 11 is 0. The van der Waals surface area contributed by atoms with E-state index in [0.717, 1.165) is 34.4 Å². The first-order valence-electron chi connectivity index (χ1n) is 15.5. The van der Waals surface area contributed by atoms with Gasteiger partial charge in [0.1, 0.15) is 6.61 Å². The third-order valence-corrected chi connectivity index (χ3v) is 10.3. The molecule has 41 heavy (non-hydrogen) atoms. The summed E-state index contributed by atoms with van der Waals surface area (Å²) in [4.78, 5) is 8.10. The van der Waals surface area contributed by atoms with Crippen molar-refractivity contribution >= 4 is 5.82 Å². The van der Waals surface area contributed by atoms with E-state index in [2.05, 4.69) is 97.6 Å². The summed E-state index contributed by atoms with van der Waals surface area (Å²) < 4.78 is 6.17. The molecule has 0 spiro atoms. The van der Waals surface area contributed by atoms with E-state index < -0.39 is 0 Å². The Balaban J connectivity index is 1.12. The minimum absolute atomic E-state index is 0.133. The summed E-state index contributed by atoms with van der Waals surface area (Å²) in [5, 5.41) is 0. The first kappa shape index (κ1) is 26.4. The van der Waals surface area contributed by atoms with Crippen molar-refractivity contribution in [3.63, 3.8) is 0 Å². The Kier molecular flexibility index (Phi) is 6.48. The molecule has 2 heterocycles. The zero-order chi connectivity index (χ0) is 28.2. The first-order chi connectivity index (χ1) is 19.8. The Hall–Kier alpha value is -3.53. The van der Waals surface area contributed by atoms with Gasteiger partial charge in [-0.2, -0.15) is 0 Å². The molecule has 3 N–H and O–H groups in total. The molecule has 1 unspecified atom stereocenters. The van der Waals surface area contributed by atoms with Crippen molar-refractivity contribution in [3.8, 4) is 16.9 Å². The molecular formula is C37H43N3O. The van der Waals surface area contributed by atoms with Crippen LogP contribution in [0.1, 0.15) is 87.6 Å². The highest BCUT2D eigenvalue weighted by Crippen LogP contribution is 2.65. The third kappa shape index (κ3) is 5.07. The van der Waals surface area contributed by atoms with Crippen LogP contribution in [-0.2, 0) is 12.0 Å². The molecule has 1 atom stereocenters. The molecule has 4 aliphatic carbocycles.